The SMILES string of the molecule is Cc1cccc(O)c1O.O=NO.[CaH2]. The van der Waals surface area contributed by atoms with E-state index in [1.54, 1.807) is 19.1 Å². The van der Waals surface area contributed by atoms with Gasteiger partial charge in [-0.15, -0.1) is 4.91 Å². The molecule has 0 radical (unpaired) electrons. The molecule has 0 atom stereocenters. The van der Waals surface area contributed by atoms with Gasteiger partial charge in [-0.3, -0.25) is 0 Å². The van der Waals surface area contributed by atoms with Gasteiger partial charge in [0.05, 0.1) is 0 Å². The molecule has 0 aromatic heterocycles. The topological polar surface area (TPSA) is 90.1 Å². The Kier molecular flexibility index (Phi) is 9.32. The Hall–Kier alpha value is -0.520. The van der Waals surface area contributed by atoms with Crippen molar-refractivity contribution in [3.63, 3.8) is 0 Å². The molecule has 0 aliphatic heterocycles. The molecule has 0 aliphatic rings. The zero-order valence-electron chi connectivity index (χ0n) is 6.43. The van der Waals surface area contributed by atoms with Crippen LogP contribution in [0.4, 0.5) is 0 Å². The molecule has 0 aliphatic carbocycles. The fourth-order valence-corrected chi connectivity index (χ4v) is 0.643. The van der Waals surface area contributed by atoms with Crippen molar-refractivity contribution in [2.45, 2.75) is 6.92 Å². The van der Waals surface area contributed by atoms with E-state index in [1.807, 2.05) is 0 Å². The van der Waals surface area contributed by atoms with Gasteiger partial charge in [0.1, 0.15) is 0 Å². The Morgan fingerprint density at radius 2 is 1.77 bits per heavy atom. The molecule has 3 N–H and O–H groups in total. The number of para-hydroxylation sites is 1. The first-order valence-electron chi connectivity index (χ1n) is 3.07. The first-order chi connectivity index (χ1) is 5.63. The number of nitrogens with zero attached hydrogens (tertiary/aromatic N) is 1. The predicted octanol–water partition coefficient (Wildman–Crippen LogP) is 0.632. The average Bonchev–Trinajstić information content (AvgIpc) is 2.02. The van der Waals surface area contributed by atoms with Gasteiger partial charge in [-0.05, 0) is 18.6 Å². The summed E-state index contributed by atoms with van der Waals surface area (Å²) in [5.41, 5.74) is 0.690. The molecule has 0 unspecified atom stereocenters. The number of aromatic hydroxyl groups is 2. The number of benzene rings is 1. The Morgan fingerprint density at radius 1 is 1.31 bits per heavy atom. The van der Waals surface area contributed by atoms with Crippen molar-refractivity contribution in [2.75, 3.05) is 0 Å². The second-order valence-corrected chi connectivity index (χ2v) is 2.02. The number of rotatable bonds is 0. The molecule has 0 amide bonds. The number of aryl methyl sites for hydroxylation is 1. The van der Waals surface area contributed by atoms with Crippen LogP contribution in [0.5, 0.6) is 11.5 Å². The van der Waals surface area contributed by atoms with Crippen LogP contribution >= 0.6 is 0 Å². The minimum absolute atomic E-state index is 0. The molecule has 0 spiro atoms. The van der Waals surface area contributed by atoms with Crippen LogP contribution in [0.25, 0.3) is 0 Å². The summed E-state index contributed by atoms with van der Waals surface area (Å²) < 4.78 is 0. The summed E-state index contributed by atoms with van der Waals surface area (Å²) >= 11 is 0. The van der Waals surface area contributed by atoms with Crippen LogP contribution in [0.15, 0.2) is 23.5 Å². The van der Waals surface area contributed by atoms with Gasteiger partial charge in [0.2, 0.25) is 0 Å². The zero-order chi connectivity index (χ0) is 9.56. The molecule has 6 heteroatoms. The predicted molar refractivity (Wildman–Crippen MR) is 50.6 cm³/mol. The van der Waals surface area contributed by atoms with Crippen molar-refractivity contribution in [1.29, 1.82) is 0 Å². The van der Waals surface area contributed by atoms with Crippen LogP contribution in [0.3, 0.4) is 0 Å². The Morgan fingerprint density at radius 3 is 2.08 bits per heavy atom. The first-order valence-corrected chi connectivity index (χ1v) is 3.07. The molecule has 5 nitrogen and oxygen atoms in total. The van der Waals surface area contributed by atoms with Gasteiger partial charge >= 0.3 is 37.7 Å². The van der Waals surface area contributed by atoms with E-state index < -0.39 is 0 Å². The van der Waals surface area contributed by atoms with Gasteiger partial charge in [-0.25, -0.2) is 0 Å². The van der Waals surface area contributed by atoms with Gasteiger partial charge in [0, 0.05) is 0 Å². The first kappa shape index (κ1) is 15.0. The molecule has 0 bridgehead atoms. The maximum absolute atomic E-state index is 8.96. The van der Waals surface area contributed by atoms with Crippen LogP contribution in [-0.2, 0) is 0 Å². The molecule has 0 heterocycles. The van der Waals surface area contributed by atoms with Crippen molar-refractivity contribution in [3.8, 4) is 11.5 Å². The van der Waals surface area contributed by atoms with Crippen molar-refractivity contribution in [3.05, 3.63) is 28.7 Å². The zero-order valence-corrected chi connectivity index (χ0v) is 6.43. The van der Waals surface area contributed by atoms with E-state index in [9.17, 15) is 0 Å². The van der Waals surface area contributed by atoms with Crippen molar-refractivity contribution in [2.24, 2.45) is 5.34 Å². The number of phenolic OH excluding ortho intramolecular Hbond substituents is 2. The Bertz CT molecular complexity index is 246. The van der Waals surface area contributed by atoms with E-state index in [1.165, 1.54) is 11.4 Å². The standard InChI is InChI=1S/C7H8O2.Ca.HNO2.2H/c1-5-3-2-4-6(8)7(5)9;;2-1-3;;/h2-4,8-9H,1H3;;(H,2,3);;. The molecule has 13 heavy (non-hydrogen) atoms. The van der Waals surface area contributed by atoms with E-state index >= 15 is 0 Å². The van der Waals surface area contributed by atoms with Gasteiger partial charge in [0.25, 0.3) is 0 Å². The van der Waals surface area contributed by atoms with Gasteiger partial charge in [-0.1, -0.05) is 12.1 Å². The normalized spacial score (nSPS) is 7.46. The van der Waals surface area contributed by atoms with Crippen LogP contribution in [0, 0.1) is 11.8 Å². The van der Waals surface area contributed by atoms with E-state index in [0.29, 0.717) is 5.56 Å². The third-order valence-electron chi connectivity index (χ3n) is 1.22. The Balaban J connectivity index is 0. The average molecular weight is 213 g/mol. The molecule has 0 saturated heterocycles. The molecule has 0 saturated carbocycles. The summed E-state index contributed by atoms with van der Waals surface area (Å²) in [5, 5.41) is 25.7. The fourth-order valence-electron chi connectivity index (χ4n) is 0.643. The Labute approximate surface area is 105 Å². The van der Waals surface area contributed by atoms with Crippen LogP contribution < -0.4 is 0 Å². The van der Waals surface area contributed by atoms with Crippen molar-refractivity contribution < 1.29 is 15.4 Å². The summed E-state index contributed by atoms with van der Waals surface area (Å²) in [7, 11) is 0. The molecule has 1 aromatic rings. The molecular weight excluding hydrogens is 202 g/mol. The van der Waals surface area contributed by atoms with Gasteiger partial charge in [0.15, 0.2) is 16.8 Å². The molecular formula is C7H11CaNO4. The second-order valence-electron chi connectivity index (χ2n) is 2.02. The molecule has 0 fully saturated rings. The number of hydrogen-bond acceptors (Lipinski definition) is 4. The monoisotopic (exact) mass is 213 g/mol. The van der Waals surface area contributed by atoms with Crippen molar-refractivity contribution >= 4 is 37.7 Å². The van der Waals surface area contributed by atoms with E-state index in [0.717, 1.165) is 0 Å². The third-order valence-corrected chi connectivity index (χ3v) is 1.22. The third kappa shape index (κ3) is 5.68. The molecule has 70 valence electrons. The number of hydrogen-bond donors (Lipinski definition) is 3. The van der Waals surface area contributed by atoms with Gasteiger partial charge < -0.3 is 15.4 Å². The fraction of sp³-hybridized carbons (Fsp3) is 0.143. The molecule has 1 aromatic carbocycles. The maximum atomic E-state index is 8.96. The summed E-state index contributed by atoms with van der Waals surface area (Å²) in [6, 6.07) is 4.86. The van der Waals surface area contributed by atoms with Gasteiger partial charge in [-0.2, -0.15) is 0 Å². The summed E-state index contributed by atoms with van der Waals surface area (Å²) in [6.07, 6.45) is 0. The second kappa shape index (κ2) is 8.10. The van der Waals surface area contributed by atoms with E-state index in [4.69, 9.17) is 20.3 Å². The molecule has 1 rings (SSSR count). The quantitative estimate of drug-likeness (QED) is 0.255. The summed E-state index contributed by atoms with van der Waals surface area (Å²) in [4.78, 5) is 8.11. The summed E-state index contributed by atoms with van der Waals surface area (Å²) in [6.45, 7) is 1.73. The minimum atomic E-state index is -0.0602. The van der Waals surface area contributed by atoms with E-state index in [-0.39, 0.29) is 49.2 Å². The van der Waals surface area contributed by atoms with Crippen LogP contribution in [0.1, 0.15) is 5.56 Å². The van der Waals surface area contributed by atoms with Crippen LogP contribution in [-0.4, -0.2) is 53.2 Å². The van der Waals surface area contributed by atoms with Crippen LogP contribution in [0.2, 0.25) is 0 Å². The van der Waals surface area contributed by atoms with Crippen molar-refractivity contribution in [1.82, 2.24) is 0 Å². The summed E-state index contributed by atoms with van der Waals surface area (Å²) in [5.74, 6) is -0.0903. The number of phenols is 2. The van der Waals surface area contributed by atoms with E-state index in [2.05, 4.69) is 0 Å².